The van der Waals surface area contributed by atoms with Crippen LogP contribution in [0.3, 0.4) is 0 Å². The van der Waals surface area contributed by atoms with Crippen LogP contribution in [0.5, 0.6) is 0 Å². The van der Waals surface area contributed by atoms with E-state index in [2.05, 4.69) is 9.69 Å². The number of carbonyl (C=O) groups is 2. The number of carbonyl (C=O) groups excluding carboxylic acids is 1. The van der Waals surface area contributed by atoms with Crippen LogP contribution in [-0.4, -0.2) is 21.4 Å². The maximum atomic E-state index is 11.8. The maximum Gasteiger partial charge on any atom is 0.357 e. The minimum atomic E-state index is -1.16. The van der Waals surface area contributed by atoms with Crippen LogP contribution in [-0.2, 0) is 4.79 Å². The highest BCUT2D eigenvalue weighted by atomic mass is 32.1. The molecule has 1 amide bonds. The third kappa shape index (κ3) is 2.26. The van der Waals surface area contributed by atoms with E-state index in [9.17, 15) is 9.59 Å². The van der Waals surface area contributed by atoms with Crippen LogP contribution in [0.4, 0.5) is 5.69 Å². The summed E-state index contributed by atoms with van der Waals surface area (Å²) in [6.45, 7) is 0. The standard InChI is InChI=1S/C14H9N3O3S/c15-6-7-1-3-8(4-2-7)9-5-10(18)16-11-12(14(19)20)17-21-13(9)11/h1-4,9H,5H2,(H,16,18)(H,19,20)/t9-/m1/s1. The summed E-state index contributed by atoms with van der Waals surface area (Å²) in [4.78, 5) is 23.7. The van der Waals surface area contributed by atoms with E-state index in [-0.39, 0.29) is 29.6 Å². The van der Waals surface area contributed by atoms with Crippen molar-refractivity contribution in [3.63, 3.8) is 0 Å². The van der Waals surface area contributed by atoms with Gasteiger partial charge in [-0.3, -0.25) is 4.79 Å². The smallest absolute Gasteiger partial charge is 0.357 e. The molecule has 0 saturated heterocycles. The van der Waals surface area contributed by atoms with E-state index in [1.807, 2.05) is 6.07 Å². The fourth-order valence-electron chi connectivity index (χ4n) is 2.34. The van der Waals surface area contributed by atoms with Crippen molar-refractivity contribution in [2.75, 3.05) is 5.32 Å². The van der Waals surface area contributed by atoms with E-state index in [0.29, 0.717) is 5.56 Å². The summed E-state index contributed by atoms with van der Waals surface area (Å²) in [5, 5.41) is 20.5. The first-order chi connectivity index (χ1) is 10.1. The Kier molecular flexibility index (Phi) is 3.16. The minimum Gasteiger partial charge on any atom is -0.476 e. The number of carboxylic acids is 1. The zero-order valence-corrected chi connectivity index (χ0v) is 11.5. The van der Waals surface area contributed by atoms with Crippen molar-refractivity contribution in [1.29, 1.82) is 5.26 Å². The predicted molar refractivity (Wildman–Crippen MR) is 75.3 cm³/mol. The SMILES string of the molecule is N#Cc1ccc([C@H]2CC(=O)Nc3c(C(=O)O)nsc32)cc1. The van der Waals surface area contributed by atoms with Crippen molar-refractivity contribution in [2.45, 2.75) is 12.3 Å². The van der Waals surface area contributed by atoms with Gasteiger partial charge >= 0.3 is 5.97 Å². The lowest BCUT2D eigenvalue weighted by molar-refractivity contribution is -0.116. The van der Waals surface area contributed by atoms with Gasteiger partial charge < -0.3 is 10.4 Å². The van der Waals surface area contributed by atoms with Gasteiger partial charge in [0.05, 0.1) is 22.2 Å². The number of aromatic nitrogens is 1. The van der Waals surface area contributed by atoms with Crippen molar-refractivity contribution in [1.82, 2.24) is 4.37 Å². The molecule has 1 aromatic heterocycles. The van der Waals surface area contributed by atoms with Gasteiger partial charge in [0.25, 0.3) is 0 Å². The van der Waals surface area contributed by atoms with Crippen molar-refractivity contribution >= 4 is 29.1 Å². The zero-order chi connectivity index (χ0) is 15.0. The van der Waals surface area contributed by atoms with E-state index in [1.165, 1.54) is 0 Å². The van der Waals surface area contributed by atoms with Crippen molar-refractivity contribution in [3.05, 3.63) is 46.0 Å². The van der Waals surface area contributed by atoms with E-state index < -0.39 is 5.97 Å². The molecule has 3 rings (SSSR count). The largest absolute Gasteiger partial charge is 0.476 e. The zero-order valence-electron chi connectivity index (χ0n) is 10.7. The molecule has 0 unspecified atom stereocenters. The van der Waals surface area contributed by atoms with Crippen LogP contribution < -0.4 is 5.32 Å². The van der Waals surface area contributed by atoms with Crippen LogP contribution in [0, 0.1) is 11.3 Å². The molecule has 2 aromatic rings. The summed E-state index contributed by atoms with van der Waals surface area (Å²) in [7, 11) is 0. The molecule has 21 heavy (non-hydrogen) atoms. The maximum absolute atomic E-state index is 11.8. The number of aromatic carboxylic acids is 1. The van der Waals surface area contributed by atoms with Gasteiger partial charge in [-0.25, -0.2) is 4.79 Å². The molecule has 0 spiro atoms. The van der Waals surface area contributed by atoms with Gasteiger partial charge in [-0.05, 0) is 29.2 Å². The molecular formula is C14H9N3O3S. The topological polar surface area (TPSA) is 103 Å². The molecule has 1 aliphatic heterocycles. The third-order valence-electron chi connectivity index (χ3n) is 3.33. The number of hydrogen-bond donors (Lipinski definition) is 2. The first kappa shape index (κ1) is 13.3. The Balaban J connectivity index is 2.07. The van der Waals surface area contributed by atoms with Gasteiger partial charge in [-0.1, -0.05) is 12.1 Å². The molecule has 0 saturated carbocycles. The fraction of sp³-hybridized carbons (Fsp3) is 0.143. The summed E-state index contributed by atoms with van der Waals surface area (Å²) >= 11 is 1.08. The van der Waals surface area contributed by atoms with Crippen LogP contribution in [0.25, 0.3) is 0 Å². The first-order valence-corrected chi connectivity index (χ1v) is 6.90. The van der Waals surface area contributed by atoms with Crippen LogP contribution >= 0.6 is 11.5 Å². The lowest BCUT2D eigenvalue weighted by atomic mass is 9.90. The highest BCUT2D eigenvalue weighted by molar-refractivity contribution is 7.06. The summed E-state index contributed by atoms with van der Waals surface area (Å²) in [5.41, 5.74) is 1.57. The highest BCUT2D eigenvalue weighted by Gasteiger charge is 2.32. The third-order valence-corrected chi connectivity index (χ3v) is 4.29. The van der Waals surface area contributed by atoms with E-state index >= 15 is 0 Å². The number of benzene rings is 1. The van der Waals surface area contributed by atoms with E-state index in [0.717, 1.165) is 22.0 Å². The average Bonchev–Trinajstić information content (AvgIpc) is 2.90. The number of nitrogens with one attached hydrogen (secondary N) is 1. The molecule has 2 heterocycles. The predicted octanol–water partition coefficient (Wildman–Crippen LogP) is 2.19. The molecule has 0 radical (unpaired) electrons. The summed E-state index contributed by atoms with van der Waals surface area (Å²) in [6, 6.07) is 8.97. The summed E-state index contributed by atoms with van der Waals surface area (Å²) < 4.78 is 3.92. The molecule has 1 aromatic carbocycles. The van der Waals surface area contributed by atoms with Gasteiger partial charge in [0.15, 0.2) is 5.69 Å². The summed E-state index contributed by atoms with van der Waals surface area (Å²) in [5.74, 6) is -1.63. The van der Waals surface area contributed by atoms with E-state index in [1.54, 1.807) is 24.3 Å². The fourth-order valence-corrected chi connectivity index (χ4v) is 3.28. The molecule has 104 valence electrons. The highest BCUT2D eigenvalue weighted by Crippen LogP contribution is 2.41. The summed E-state index contributed by atoms with van der Waals surface area (Å²) in [6.07, 6.45) is 0.236. The van der Waals surface area contributed by atoms with Crippen LogP contribution in [0.2, 0.25) is 0 Å². The first-order valence-electron chi connectivity index (χ1n) is 6.13. The average molecular weight is 299 g/mol. The lowest BCUT2D eigenvalue weighted by Crippen LogP contribution is -2.23. The number of carboxylic acid groups (broad SMARTS) is 1. The number of amides is 1. The Labute approximate surface area is 123 Å². The Morgan fingerprint density at radius 3 is 2.76 bits per heavy atom. The van der Waals surface area contributed by atoms with Gasteiger partial charge in [-0.15, -0.1) is 0 Å². The second kappa shape index (κ2) is 5.00. The monoisotopic (exact) mass is 299 g/mol. The van der Waals surface area contributed by atoms with Crippen LogP contribution in [0.15, 0.2) is 24.3 Å². The Hall–Kier alpha value is -2.72. The Morgan fingerprint density at radius 2 is 2.14 bits per heavy atom. The number of hydrogen-bond acceptors (Lipinski definition) is 5. The van der Waals surface area contributed by atoms with Gasteiger partial charge in [0, 0.05) is 12.3 Å². The van der Waals surface area contributed by atoms with Crippen molar-refractivity contribution in [2.24, 2.45) is 0 Å². The molecule has 0 fully saturated rings. The number of nitrogens with zero attached hydrogens (tertiary/aromatic N) is 2. The number of anilines is 1. The van der Waals surface area contributed by atoms with E-state index in [4.69, 9.17) is 10.4 Å². The number of rotatable bonds is 2. The van der Waals surface area contributed by atoms with Gasteiger partial charge in [0.1, 0.15) is 0 Å². The molecule has 6 nitrogen and oxygen atoms in total. The molecule has 1 atom stereocenters. The Bertz CT molecular complexity index is 774. The molecule has 0 bridgehead atoms. The molecule has 2 N–H and O–H groups in total. The minimum absolute atomic E-state index is 0.123. The molecule has 0 aliphatic carbocycles. The van der Waals surface area contributed by atoms with Gasteiger partial charge in [-0.2, -0.15) is 9.64 Å². The molecule has 1 aliphatic rings. The van der Waals surface area contributed by atoms with Crippen molar-refractivity contribution < 1.29 is 14.7 Å². The second-order valence-corrected chi connectivity index (χ2v) is 5.42. The molecular weight excluding hydrogens is 290 g/mol. The number of fused-ring (bicyclic) bond motifs is 1. The quantitative estimate of drug-likeness (QED) is 0.884. The molecule has 7 heteroatoms. The lowest BCUT2D eigenvalue weighted by Gasteiger charge is -2.22. The number of nitriles is 1. The van der Waals surface area contributed by atoms with Crippen molar-refractivity contribution in [3.8, 4) is 6.07 Å². The van der Waals surface area contributed by atoms with Gasteiger partial charge in [0.2, 0.25) is 5.91 Å². The second-order valence-electron chi connectivity index (χ2n) is 4.61. The van der Waals surface area contributed by atoms with Crippen LogP contribution in [0.1, 0.15) is 38.8 Å². The Morgan fingerprint density at radius 1 is 1.43 bits per heavy atom. The normalized spacial score (nSPS) is 16.7.